The summed E-state index contributed by atoms with van der Waals surface area (Å²) >= 11 is 3.52. The van der Waals surface area contributed by atoms with Gasteiger partial charge >= 0.3 is 0 Å². The van der Waals surface area contributed by atoms with Gasteiger partial charge in [-0.05, 0) is 31.5 Å². The average molecular weight is 212 g/mol. The number of rotatable bonds is 1. The zero-order chi connectivity index (χ0) is 9.47. The lowest BCUT2D eigenvalue weighted by molar-refractivity contribution is 0.739. The number of fused-ring (bicyclic) bond motifs is 1. The molecule has 4 heteroatoms. The zero-order valence-electron chi connectivity index (χ0n) is 7.92. The third-order valence-electron chi connectivity index (χ3n) is 2.24. The summed E-state index contributed by atoms with van der Waals surface area (Å²) in [6.45, 7) is 4.17. The highest BCUT2D eigenvalue weighted by Gasteiger charge is 2.31. The number of anilines is 1. The van der Waals surface area contributed by atoms with Gasteiger partial charge in [0.25, 0.3) is 0 Å². The van der Waals surface area contributed by atoms with E-state index in [1.54, 1.807) is 23.1 Å². The molecule has 0 aliphatic carbocycles. The SMILES string of the molecule is CSC1(C)N=C(C)Nc2sccc21. The van der Waals surface area contributed by atoms with Gasteiger partial charge in [-0.25, -0.2) is 0 Å². The lowest BCUT2D eigenvalue weighted by Gasteiger charge is -2.29. The summed E-state index contributed by atoms with van der Waals surface area (Å²) in [6.07, 6.45) is 2.10. The summed E-state index contributed by atoms with van der Waals surface area (Å²) in [5, 5.41) is 6.64. The topological polar surface area (TPSA) is 24.4 Å². The number of hydrogen-bond acceptors (Lipinski definition) is 4. The maximum Gasteiger partial charge on any atom is 0.133 e. The van der Waals surface area contributed by atoms with Crippen LogP contribution in [0.1, 0.15) is 19.4 Å². The van der Waals surface area contributed by atoms with E-state index in [1.165, 1.54) is 10.6 Å². The third-order valence-corrected chi connectivity index (χ3v) is 4.17. The first-order valence-electron chi connectivity index (χ1n) is 4.12. The quantitative estimate of drug-likeness (QED) is 0.773. The highest BCUT2D eigenvalue weighted by atomic mass is 32.2. The first-order valence-corrected chi connectivity index (χ1v) is 6.23. The van der Waals surface area contributed by atoms with Crippen molar-refractivity contribution in [2.75, 3.05) is 11.6 Å². The fourth-order valence-corrected chi connectivity index (χ4v) is 3.12. The second kappa shape index (κ2) is 3.03. The van der Waals surface area contributed by atoms with Crippen LogP contribution in [0.25, 0.3) is 0 Å². The van der Waals surface area contributed by atoms with Crippen LogP contribution in [-0.2, 0) is 4.87 Å². The summed E-state index contributed by atoms with van der Waals surface area (Å²) in [5.74, 6) is 1.01. The Hall–Kier alpha value is -0.480. The average Bonchev–Trinajstić information content (AvgIpc) is 2.52. The van der Waals surface area contributed by atoms with Crippen LogP contribution in [0, 0.1) is 0 Å². The van der Waals surface area contributed by atoms with Gasteiger partial charge in [-0.3, -0.25) is 4.99 Å². The molecule has 0 fully saturated rings. The van der Waals surface area contributed by atoms with E-state index < -0.39 is 0 Å². The number of thiophene rings is 1. The van der Waals surface area contributed by atoms with Gasteiger partial charge in [0.1, 0.15) is 15.7 Å². The number of amidine groups is 1. The van der Waals surface area contributed by atoms with Crippen molar-refractivity contribution in [3.05, 3.63) is 17.0 Å². The molecule has 1 atom stereocenters. The second-order valence-electron chi connectivity index (χ2n) is 3.17. The van der Waals surface area contributed by atoms with Crippen molar-refractivity contribution in [2.24, 2.45) is 4.99 Å². The van der Waals surface area contributed by atoms with Gasteiger partial charge in [0.15, 0.2) is 0 Å². The molecule has 0 saturated heterocycles. The lowest BCUT2D eigenvalue weighted by Crippen LogP contribution is -2.25. The maximum atomic E-state index is 4.62. The number of nitrogens with one attached hydrogen (secondary N) is 1. The summed E-state index contributed by atoms with van der Waals surface area (Å²) in [7, 11) is 0. The smallest absolute Gasteiger partial charge is 0.133 e. The molecule has 1 aromatic heterocycles. The Morgan fingerprint density at radius 1 is 1.62 bits per heavy atom. The van der Waals surface area contributed by atoms with Crippen molar-refractivity contribution in [2.45, 2.75) is 18.7 Å². The van der Waals surface area contributed by atoms with E-state index in [0.717, 1.165) is 5.84 Å². The number of nitrogens with zero attached hydrogens (tertiary/aromatic N) is 1. The van der Waals surface area contributed by atoms with E-state index in [1.807, 2.05) is 6.92 Å². The molecule has 1 N–H and O–H groups in total. The van der Waals surface area contributed by atoms with Gasteiger partial charge in [0, 0.05) is 5.56 Å². The Bertz CT molecular complexity index is 356. The maximum absolute atomic E-state index is 4.62. The van der Waals surface area contributed by atoms with Crippen LogP contribution >= 0.6 is 23.1 Å². The molecule has 0 aromatic carbocycles. The van der Waals surface area contributed by atoms with Gasteiger partial charge in [0.2, 0.25) is 0 Å². The van der Waals surface area contributed by atoms with Gasteiger partial charge in [0.05, 0.1) is 0 Å². The molecule has 0 amide bonds. The van der Waals surface area contributed by atoms with Crippen molar-refractivity contribution in [1.82, 2.24) is 0 Å². The second-order valence-corrected chi connectivity index (χ2v) is 5.29. The molecule has 2 heterocycles. The Morgan fingerprint density at radius 2 is 2.38 bits per heavy atom. The van der Waals surface area contributed by atoms with Crippen LogP contribution in [0.3, 0.4) is 0 Å². The zero-order valence-corrected chi connectivity index (χ0v) is 9.55. The minimum atomic E-state index is -0.0926. The van der Waals surface area contributed by atoms with E-state index in [9.17, 15) is 0 Å². The third kappa shape index (κ3) is 1.38. The Kier molecular flexibility index (Phi) is 2.12. The molecule has 1 aliphatic rings. The highest BCUT2D eigenvalue weighted by molar-refractivity contribution is 7.99. The van der Waals surface area contributed by atoms with Crippen LogP contribution in [-0.4, -0.2) is 12.1 Å². The van der Waals surface area contributed by atoms with Crippen LogP contribution in [0.2, 0.25) is 0 Å². The molecule has 0 bridgehead atoms. The first kappa shape index (κ1) is 9.09. The normalized spacial score (nSPS) is 26.2. The fraction of sp³-hybridized carbons (Fsp3) is 0.444. The fourth-order valence-electron chi connectivity index (χ4n) is 1.50. The largest absolute Gasteiger partial charge is 0.336 e. The molecule has 0 spiro atoms. The minimum Gasteiger partial charge on any atom is -0.336 e. The summed E-state index contributed by atoms with van der Waals surface area (Å²) in [6, 6.07) is 2.15. The van der Waals surface area contributed by atoms with E-state index >= 15 is 0 Å². The van der Waals surface area contributed by atoms with Crippen LogP contribution in [0.15, 0.2) is 16.4 Å². The van der Waals surface area contributed by atoms with E-state index in [0.29, 0.717) is 0 Å². The van der Waals surface area contributed by atoms with E-state index in [4.69, 9.17) is 0 Å². The molecule has 2 nitrogen and oxygen atoms in total. The lowest BCUT2D eigenvalue weighted by atomic mass is 10.1. The van der Waals surface area contributed by atoms with Crippen molar-refractivity contribution in [3.8, 4) is 0 Å². The predicted octanol–water partition coefficient (Wildman–Crippen LogP) is 3.13. The minimum absolute atomic E-state index is 0.0926. The van der Waals surface area contributed by atoms with Gasteiger partial charge in [-0.2, -0.15) is 0 Å². The van der Waals surface area contributed by atoms with Gasteiger partial charge < -0.3 is 5.32 Å². The molecule has 2 rings (SSSR count). The summed E-state index contributed by atoms with van der Waals surface area (Å²) in [5.41, 5.74) is 1.30. The standard InChI is InChI=1S/C9H12N2S2/c1-6-10-8-7(4-5-13-8)9(2,11-6)12-3/h4-5H,1-3H3,(H,10,11). The van der Waals surface area contributed by atoms with Crippen molar-refractivity contribution in [3.63, 3.8) is 0 Å². The Labute approximate surface area is 86.5 Å². The van der Waals surface area contributed by atoms with Gasteiger partial charge in [-0.15, -0.1) is 23.1 Å². The molecular formula is C9H12N2S2. The van der Waals surface area contributed by atoms with Crippen LogP contribution < -0.4 is 5.32 Å². The first-order chi connectivity index (χ1) is 6.15. The molecule has 1 unspecified atom stereocenters. The number of aliphatic imine (C=N–C) groups is 1. The monoisotopic (exact) mass is 212 g/mol. The predicted molar refractivity (Wildman–Crippen MR) is 61.9 cm³/mol. The highest BCUT2D eigenvalue weighted by Crippen LogP contribution is 2.44. The molecule has 13 heavy (non-hydrogen) atoms. The van der Waals surface area contributed by atoms with E-state index in [-0.39, 0.29) is 4.87 Å². The number of hydrogen-bond donors (Lipinski definition) is 1. The summed E-state index contributed by atoms with van der Waals surface area (Å²) in [4.78, 5) is 4.53. The molecule has 0 saturated carbocycles. The molecule has 70 valence electrons. The Morgan fingerprint density at radius 3 is 3.08 bits per heavy atom. The molecule has 1 aliphatic heterocycles. The molecule has 1 aromatic rings. The Balaban J connectivity index is 2.53. The van der Waals surface area contributed by atoms with Crippen molar-refractivity contribution >= 4 is 33.9 Å². The molecule has 0 radical (unpaired) electrons. The van der Waals surface area contributed by atoms with E-state index in [2.05, 4.69) is 34.9 Å². The summed E-state index contributed by atoms with van der Waals surface area (Å²) < 4.78 is 0. The van der Waals surface area contributed by atoms with Crippen molar-refractivity contribution in [1.29, 1.82) is 0 Å². The molecular weight excluding hydrogens is 200 g/mol. The number of thioether (sulfide) groups is 1. The van der Waals surface area contributed by atoms with Gasteiger partial charge in [-0.1, -0.05) is 0 Å². The van der Waals surface area contributed by atoms with Crippen LogP contribution in [0.5, 0.6) is 0 Å². The van der Waals surface area contributed by atoms with Crippen molar-refractivity contribution < 1.29 is 0 Å². The van der Waals surface area contributed by atoms with Crippen LogP contribution in [0.4, 0.5) is 5.00 Å².